The third kappa shape index (κ3) is 5.42. The number of ether oxygens (including phenoxy) is 1. The zero-order chi connectivity index (χ0) is 12.3. The van der Waals surface area contributed by atoms with Crippen molar-refractivity contribution < 1.29 is 34.9 Å². The quantitative estimate of drug-likeness (QED) is 0.569. The van der Waals surface area contributed by atoms with Crippen molar-refractivity contribution in [2.75, 3.05) is 0 Å². The van der Waals surface area contributed by atoms with E-state index < -0.39 is 17.5 Å². The minimum Gasteiger partial charge on any atom is -1.00 e. The molecule has 0 bridgehead atoms. The first-order chi connectivity index (χ1) is 8.15. The molecular formula is C13H8BrF3MgO. The van der Waals surface area contributed by atoms with Gasteiger partial charge in [0.05, 0.1) is 0 Å². The van der Waals surface area contributed by atoms with Gasteiger partial charge < -0.3 is 21.7 Å². The van der Waals surface area contributed by atoms with E-state index in [0.29, 0.717) is 0 Å². The number of hydrogen-bond donors (Lipinski definition) is 0. The Morgan fingerprint density at radius 3 is 2.37 bits per heavy atom. The van der Waals surface area contributed by atoms with Crippen molar-refractivity contribution in [3.63, 3.8) is 0 Å². The fourth-order valence-corrected chi connectivity index (χ4v) is 1.31. The largest absolute Gasteiger partial charge is 2.00 e. The Hall–Kier alpha value is -0.724. The Morgan fingerprint density at radius 2 is 1.68 bits per heavy atom. The van der Waals surface area contributed by atoms with Gasteiger partial charge >= 0.3 is 23.1 Å². The first-order valence-corrected chi connectivity index (χ1v) is 4.89. The predicted octanol–water partition coefficient (Wildman–Crippen LogP) is 0.106. The zero-order valence-electron chi connectivity index (χ0n) is 9.80. The molecule has 2 rings (SSSR count). The molecule has 0 saturated carbocycles. The maximum Gasteiger partial charge on any atom is 2.00 e. The van der Waals surface area contributed by atoms with E-state index in [-0.39, 0.29) is 58.0 Å². The summed E-state index contributed by atoms with van der Waals surface area (Å²) in [6, 6.07) is 9.40. The van der Waals surface area contributed by atoms with Crippen LogP contribution in [0.15, 0.2) is 36.4 Å². The summed E-state index contributed by atoms with van der Waals surface area (Å²) >= 11 is 0. The Morgan fingerprint density at radius 1 is 1.00 bits per heavy atom. The minimum atomic E-state index is -0.567. The monoisotopic (exact) mass is 340 g/mol. The summed E-state index contributed by atoms with van der Waals surface area (Å²) < 4.78 is 44.0. The maximum absolute atomic E-state index is 13.2. The summed E-state index contributed by atoms with van der Waals surface area (Å²) in [6.45, 7) is -0.177. The topological polar surface area (TPSA) is 9.23 Å². The van der Waals surface area contributed by atoms with Gasteiger partial charge in [-0.2, -0.15) is 6.07 Å². The van der Waals surface area contributed by atoms with E-state index in [4.69, 9.17) is 4.74 Å². The van der Waals surface area contributed by atoms with Gasteiger partial charge in [-0.3, -0.25) is 0 Å². The van der Waals surface area contributed by atoms with Gasteiger partial charge in [-0.1, -0.05) is 6.07 Å². The molecule has 0 spiro atoms. The summed E-state index contributed by atoms with van der Waals surface area (Å²) in [5, 5.41) is 0. The summed E-state index contributed by atoms with van der Waals surface area (Å²) in [5.74, 6) is -1.44. The maximum atomic E-state index is 13.2. The molecule has 6 heteroatoms. The summed E-state index contributed by atoms with van der Waals surface area (Å²) in [6.07, 6.45) is 0. The van der Waals surface area contributed by atoms with Gasteiger partial charge in [-0.05, 0) is 18.2 Å². The average Bonchev–Trinajstić information content (AvgIpc) is 2.30. The minimum absolute atomic E-state index is 0. The van der Waals surface area contributed by atoms with Crippen molar-refractivity contribution in [2.45, 2.75) is 6.61 Å². The second-order valence-electron chi connectivity index (χ2n) is 3.40. The molecule has 0 fully saturated rings. The van der Waals surface area contributed by atoms with Crippen LogP contribution in [0.1, 0.15) is 5.56 Å². The van der Waals surface area contributed by atoms with Crippen molar-refractivity contribution in [2.24, 2.45) is 0 Å². The van der Waals surface area contributed by atoms with Crippen molar-refractivity contribution in [1.82, 2.24) is 0 Å². The molecule has 0 aromatic heterocycles. The molecular weight excluding hydrogens is 333 g/mol. The van der Waals surface area contributed by atoms with Gasteiger partial charge in [0.15, 0.2) is 0 Å². The van der Waals surface area contributed by atoms with Gasteiger partial charge in [0.25, 0.3) is 0 Å². The standard InChI is InChI=1S/C13H8F3O.BrH.Mg/c14-10-2-1-3-12(7-10)17-8-9-6-11(15)4-5-13(9)16;;/h1-2,4-7H,8H2;1H;/q-1;;+2/p-1. The van der Waals surface area contributed by atoms with Crippen molar-refractivity contribution in [3.05, 3.63) is 65.5 Å². The zero-order valence-corrected chi connectivity index (χ0v) is 12.8. The van der Waals surface area contributed by atoms with E-state index in [1.165, 1.54) is 12.1 Å². The van der Waals surface area contributed by atoms with E-state index in [9.17, 15) is 13.2 Å². The number of halogens is 4. The van der Waals surface area contributed by atoms with Gasteiger partial charge in [0, 0.05) is 17.1 Å². The van der Waals surface area contributed by atoms with Gasteiger partial charge in [0.2, 0.25) is 0 Å². The Kier molecular flexibility index (Phi) is 8.13. The van der Waals surface area contributed by atoms with Crippen molar-refractivity contribution >= 4 is 23.1 Å². The second-order valence-corrected chi connectivity index (χ2v) is 3.40. The van der Waals surface area contributed by atoms with Crippen LogP contribution in [0.5, 0.6) is 5.75 Å². The van der Waals surface area contributed by atoms with Crippen LogP contribution in [0.4, 0.5) is 13.2 Å². The molecule has 0 atom stereocenters. The second kappa shape index (κ2) is 8.45. The van der Waals surface area contributed by atoms with E-state index in [1.54, 1.807) is 0 Å². The summed E-state index contributed by atoms with van der Waals surface area (Å²) in [7, 11) is 0. The van der Waals surface area contributed by atoms with Crippen LogP contribution < -0.4 is 21.7 Å². The first-order valence-electron chi connectivity index (χ1n) is 4.89. The molecule has 0 radical (unpaired) electrons. The van der Waals surface area contributed by atoms with Gasteiger partial charge in [-0.15, -0.1) is 12.1 Å². The Labute approximate surface area is 135 Å². The van der Waals surface area contributed by atoms with E-state index in [0.717, 1.165) is 24.3 Å². The molecule has 0 amide bonds. The van der Waals surface area contributed by atoms with Crippen molar-refractivity contribution in [3.8, 4) is 5.75 Å². The van der Waals surface area contributed by atoms with Crippen LogP contribution in [-0.2, 0) is 6.61 Å². The summed E-state index contributed by atoms with van der Waals surface area (Å²) in [4.78, 5) is 0. The Balaban J connectivity index is 0.00000162. The van der Waals surface area contributed by atoms with Crippen LogP contribution in [-0.4, -0.2) is 23.1 Å². The van der Waals surface area contributed by atoms with Crippen LogP contribution in [0.3, 0.4) is 0 Å². The third-order valence-electron chi connectivity index (χ3n) is 2.13. The number of hydrogen-bond acceptors (Lipinski definition) is 1. The molecule has 0 unspecified atom stereocenters. The van der Waals surface area contributed by atoms with E-state index in [1.807, 2.05) is 0 Å². The molecule has 0 heterocycles. The molecule has 0 saturated heterocycles. The van der Waals surface area contributed by atoms with Gasteiger partial charge in [-0.25, -0.2) is 13.2 Å². The molecule has 0 N–H and O–H groups in total. The fourth-order valence-electron chi connectivity index (χ4n) is 1.31. The Bertz CT molecular complexity index is 537. The average molecular weight is 341 g/mol. The first kappa shape index (κ1) is 18.3. The van der Waals surface area contributed by atoms with Gasteiger partial charge in [0.1, 0.15) is 18.2 Å². The van der Waals surface area contributed by atoms with Crippen LogP contribution >= 0.6 is 0 Å². The smallest absolute Gasteiger partial charge is 1.00 e. The van der Waals surface area contributed by atoms with E-state index in [2.05, 4.69) is 6.07 Å². The number of rotatable bonds is 3. The SMILES string of the molecule is Fc1cc[c-]c(OCc2cc(F)ccc2F)c1.[Br-].[Mg+2]. The molecule has 1 nitrogen and oxygen atoms in total. The molecule has 0 aliphatic heterocycles. The van der Waals surface area contributed by atoms with Crippen LogP contribution in [0, 0.1) is 23.5 Å². The summed E-state index contributed by atoms with van der Waals surface area (Å²) in [5.41, 5.74) is 0.0719. The molecule has 19 heavy (non-hydrogen) atoms. The van der Waals surface area contributed by atoms with Crippen LogP contribution in [0.25, 0.3) is 0 Å². The van der Waals surface area contributed by atoms with Crippen molar-refractivity contribution in [1.29, 1.82) is 0 Å². The van der Waals surface area contributed by atoms with E-state index >= 15 is 0 Å². The third-order valence-corrected chi connectivity index (χ3v) is 2.13. The number of benzene rings is 2. The molecule has 0 aliphatic rings. The molecule has 0 aliphatic carbocycles. The fraction of sp³-hybridized carbons (Fsp3) is 0.0769. The van der Waals surface area contributed by atoms with Crippen LogP contribution in [0.2, 0.25) is 0 Å². The molecule has 2 aromatic carbocycles. The predicted molar refractivity (Wildman–Crippen MR) is 61.7 cm³/mol. The molecule has 96 valence electrons. The molecule has 2 aromatic rings. The normalized spacial score (nSPS) is 9.21.